The van der Waals surface area contributed by atoms with Gasteiger partial charge >= 0.3 is 12.0 Å². The van der Waals surface area contributed by atoms with E-state index in [1.54, 1.807) is 19.1 Å². The first-order chi connectivity index (χ1) is 9.95. The largest absolute Gasteiger partial charge is 0.478 e. The SMILES string of the molecule is Cc1ccc(CNC(=O)Nc2ccc(Cl)cc2C(=O)O)o1. The predicted octanol–water partition coefficient (Wildman–Crippen LogP) is 3.26. The first kappa shape index (κ1) is 14.9. The Bertz CT molecular complexity index is 681. The van der Waals surface area contributed by atoms with Crippen LogP contribution in [0.2, 0.25) is 5.02 Å². The van der Waals surface area contributed by atoms with Crippen LogP contribution in [0.4, 0.5) is 10.5 Å². The molecular formula is C14H13ClN2O4. The van der Waals surface area contributed by atoms with Crippen LogP contribution in [0, 0.1) is 6.92 Å². The smallest absolute Gasteiger partial charge is 0.337 e. The predicted molar refractivity (Wildman–Crippen MR) is 77.7 cm³/mol. The standard InChI is InChI=1S/C14H13ClN2O4/c1-8-2-4-10(21-8)7-16-14(20)17-12-5-3-9(15)6-11(12)13(18)19/h2-6H,7H2,1H3,(H,18,19)(H2,16,17,20). The van der Waals surface area contributed by atoms with Crippen LogP contribution < -0.4 is 10.6 Å². The van der Waals surface area contributed by atoms with Crippen molar-refractivity contribution in [1.29, 1.82) is 0 Å². The minimum atomic E-state index is -1.17. The molecule has 0 aliphatic rings. The van der Waals surface area contributed by atoms with Gasteiger partial charge in [-0.15, -0.1) is 0 Å². The highest BCUT2D eigenvalue weighted by Gasteiger charge is 2.13. The number of anilines is 1. The quantitative estimate of drug-likeness (QED) is 0.808. The molecule has 0 spiro atoms. The number of carboxylic acid groups (broad SMARTS) is 1. The van der Waals surface area contributed by atoms with Crippen molar-refractivity contribution in [2.75, 3.05) is 5.32 Å². The van der Waals surface area contributed by atoms with Crippen LogP contribution in [-0.2, 0) is 6.54 Å². The van der Waals surface area contributed by atoms with Crippen LogP contribution in [0.3, 0.4) is 0 Å². The van der Waals surface area contributed by atoms with Crippen molar-refractivity contribution in [3.8, 4) is 0 Å². The molecule has 0 saturated carbocycles. The molecule has 2 amide bonds. The van der Waals surface area contributed by atoms with Gasteiger partial charge in [0, 0.05) is 5.02 Å². The van der Waals surface area contributed by atoms with Gasteiger partial charge < -0.3 is 20.2 Å². The number of hydrogen-bond donors (Lipinski definition) is 3. The summed E-state index contributed by atoms with van der Waals surface area (Å²) in [4.78, 5) is 22.9. The van der Waals surface area contributed by atoms with Crippen LogP contribution >= 0.6 is 11.6 Å². The average Bonchev–Trinajstić information content (AvgIpc) is 2.84. The summed E-state index contributed by atoms with van der Waals surface area (Å²) in [7, 11) is 0. The third kappa shape index (κ3) is 4.00. The number of aryl methyl sites for hydroxylation is 1. The van der Waals surface area contributed by atoms with E-state index < -0.39 is 12.0 Å². The molecule has 6 nitrogen and oxygen atoms in total. The Hall–Kier alpha value is -2.47. The van der Waals surface area contributed by atoms with Crippen molar-refractivity contribution < 1.29 is 19.1 Å². The fourth-order valence-electron chi connectivity index (χ4n) is 1.72. The van der Waals surface area contributed by atoms with Gasteiger partial charge in [-0.25, -0.2) is 9.59 Å². The van der Waals surface area contributed by atoms with Crippen LogP contribution in [0.25, 0.3) is 0 Å². The first-order valence-corrected chi connectivity index (χ1v) is 6.46. The molecule has 2 aromatic rings. The van der Waals surface area contributed by atoms with Gasteiger partial charge in [0.25, 0.3) is 0 Å². The van der Waals surface area contributed by atoms with Crippen molar-refractivity contribution in [2.24, 2.45) is 0 Å². The van der Waals surface area contributed by atoms with Crippen LogP contribution in [0.5, 0.6) is 0 Å². The lowest BCUT2D eigenvalue weighted by molar-refractivity contribution is 0.0698. The number of nitrogens with one attached hydrogen (secondary N) is 2. The van der Waals surface area contributed by atoms with Crippen molar-refractivity contribution in [1.82, 2.24) is 5.32 Å². The molecule has 110 valence electrons. The second-order valence-electron chi connectivity index (χ2n) is 4.32. The van der Waals surface area contributed by atoms with E-state index in [0.29, 0.717) is 5.76 Å². The van der Waals surface area contributed by atoms with Gasteiger partial charge in [0.05, 0.1) is 17.8 Å². The van der Waals surface area contributed by atoms with E-state index >= 15 is 0 Å². The zero-order valence-electron chi connectivity index (χ0n) is 11.1. The summed E-state index contributed by atoms with van der Waals surface area (Å²) < 4.78 is 5.31. The molecular weight excluding hydrogens is 296 g/mol. The Morgan fingerprint density at radius 1 is 1.29 bits per heavy atom. The highest BCUT2D eigenvalue weighted by Crippen LogP contribution is 2.20. The Morgan fingerprint density at radius 2 is 2.05 bits per heavy atom. The van der Waals surface area contributed by atoms with E-state index in [2.05, 4.69) is 10.6 Å². The zero-order chi connectivity index (χ0) is 15.4. The summed E-state index contributed by atoms with van der Waals surface area (Å²) in [5.74, 6) is 0.185. The highest BCUT2D eigenvalue weighted by molar-refractivity contribution is 6.31. The molecule has 1 aromatic carbocycles. The zero-order valence-corrected chi connectivity index (χ0v) is 11.9. The molecule has 1 aromatic heterocycles. The van der Waals surface area contributed by atoms with E-state index in [9.17, 15) is 9.59 Å². The molecule has 0 bridgehead atoms. The van der Waals surface area contributed by atoms with E-state index in [0.717, 1.165) is 5.76 Å². The third-order valence-electron chi connectivity index (χ3n) is 2.68. The number of benzene rings is 1. The molecule has 1 heterocycles. The van der Waals surface area contributed by atoms with Gasteiger partial charge in [0.2, 0.25) is 0 Å². The maximum absolute atomic E-state index is 11.8. The van der Waals surface area contributed by atoms with Gasteiger partial charge in [-0.2, -0.15) is 0 Å². The molecule has 0 aliphatic carbocycles. The lowest BCUT2D eigenvalue weighted by Crippen LogP contribution is -2.28. The molecule has 7 heteroatoms. The number of amides is 2. The fourth-order valence-corrected chi connectivity index (χ4v) is 1.89. The van der Waals surface area contributed by atoms with Gasteiger partial charge in [0.1, 0.15) is 11.5 Å². The van der Waals surface area contributed by atoms with Gasteiger partial charge in [-0.05, 0) is 37.3 Å². The third-order valence-corrected chi connectivity index (χ3v) is 2.91. The number of furan rings is 1. The minimum absolute atomic E-state index is 0.0773. The number of aromatic carboxylic acids is 1. The number of rotatable bonds is 4. The van der Waals surface area contributed by atoms with Gasteiger partial charge in [-0.1, -0.05) is 11.6 Å². The summed E-state index contributed by atoms with van der Waals surface area (Å²) in [6.45, 7) is 2.01. The second-order valence-corrected chi connectivity index (χ2v) is 4.75. The summed E-state index contributed by atoms with van der Waals surface area (Å²) in [5, 5.41) is 14.4. The molecule has 0 radical (unpaired) electrons. The average molecular weight is 309 g/mol. The molecule has 21 heavy (non-hydrogen) atoms. The molecule has 0 unspecified atom stereocenters. The molecule has 2 rings (SSSR count). The van der Waals surface area contributed by atoms with Crippen molar-refractivity contribution in [2.45, 2.75) is 13.5 Å². The van der Waals surface area contributed by atoms with Crippen molar-refractivity contribution >= 4 is 29.3 Å². The summed E-state index contributed by atoms with van der Waals surface area (Å²) in [6, 6.07) is 7.21. The maximum atomic E-state index is 11.8. The van der Waals surface area contributed by atoms with E-state index in [1.807, 2.05) is 0 Å². The number of halogens is 1. The lowest BCUT2D eigenvalue weighted by Gasteiger charge is -2.09. The number of urea groups is 1. The van der Waals surface area contributed by atoms with Crippen LogP contribution in [-0.4, -0.2) is 17.1 Å². The number of carbonyl (C=O) groups is 2. The van der Waals surface area contributed by atoms with Gasteiger partial charge in [0.15, 0.2) is 0 Å². The minimum Gasteiger partial charge on any atom is -0.478 e. The fraction of sp³-hybridized carbons (Fsp3) is 0.143. The monoisotopic (exact) mass is 308 g/mol. The van der Waals surface area contributed by atoms with Crippen LogP contribution in [0.15, 0.2) is 34.7 Å². The summed E-state index contributed by atoms with van der Waals surface area (Å²) in [5.41, 5.74) is 0.0894. The highest BCUT2D eigenvalue weighted by atomic mass is 35.5. The summed E-state index contributed by atoms with van der Waals surface area (Å²) >= 11 is 5.74. The Morgan fingerprint density at radius 3 is 2.67 bits per heavy atom. The Balaban J connectivity index is 2.01. The molecule has 3 N–H and O–H groups in total. The number of carbonyl (C=O) groups excluding carboxylic acids is 1. The molecule has 0 aliphatic heterocycles. The van der Waals surface area contributed by atoms with Crippen molar-refractivity contribution in [3.63, 3.8) is 0 Å². The van der Waals surface area contributed by atoms with Crippen LogP contribution in [0.1, 0.15) is 21.9 Å². The lowest BCUT2D eigenvalue weighted by atomic mass is 10.2. The molecule has 0 atom stereocenters. The van der Waals surface area contributed by atoms with E-state index in [1.165, 1.54) is 18.2 Å². The molecule has 0 saturated heterocycles. The Kier molecular flexibility index (Phi) is 4.49. The van der Waals surface area contributed by atoms with Crippen molar-refractivity contribution in [3.05, 3.63) is 52.4 Å². The second kappa shape index (κ2) is 6.32. The topological polar surface area (TPSA) is 91.6 Å². The molecule has 0 fully saturated rings. The number of carboxylic acids is 1. The maximum Gasteiger partial charge on any atom is 0.337 e. The van der Waals surface area contributed by atoms with Gasteiger partial charge in [-0.3, -0.25) is 0 Å². The first-order valence-electron chi connectivity index (χ1n) is 6.08. The van der Waals surface area contributed by atoms with E-state index in [4.69, 9.17) is 21.1 Å². The van der Waals surface area contributed by atoms with E-state index in [-0.39, 0.29) is 22.8 Å². The summed E-state index contributed by atoms with van der Waals surface area (Å²) in [6.07, 6.45) is 0. The Labute approximate surface area is 125 Å². The normalized spacial score (nSPS) is 10.2. The number of hydrogen-bond acceptors (Lipinski definition) is 3.